The molecule has 1 atom stereocenters. The maximum absolute atomic E-state index is 12.4. The van der Waals surface area contributed by atoms with E-state index in [1.807, 2.05) is 31.2 Å². The average Bonchev–Trinajstić information content (AvgIpc) is 3.10. The Morgan fingerprint density at radius 2 is 1.85 bits per heavy atom. The molecule has 0 aliphatic rings. The van der Waals surface area contributed by atoms with Crippen LogP contribution in [0, 0.1) is 0 Å². The second kappa shape index (κ2) is 7.65. The lowest BCUT2D eigenvalue weighted by Crippen LogP contribution is -2.27. The zero-order chi connectivity index (χ0) is 18.8. The molecule has 0 aliphatic heterocycles. The van der Waals surface area contributed by atoms with E-state index in [0.29, 0.717) is 5.69 Å². The summed E-state index contributed by atoms with van der Waals surface area (Å²) in [5.41, 5.74) is 1.43. The van der Waals surface area contributed by atoms with Crippen LogP contribution in [0.15, 0.2) is 47.2 Å². The van der Waals surface area contributed by atoms with Gasteiger partial charge in [0.05, 0.1) is 21.8 Å². The van der Waals surface area contributed by atoms with Gasteiger partial charge in [-0.2, -0.15) is 0 Å². The molecule has 1 heterocycles. The molecular weight excluding hydrogens is 443 g/mol. The number of rotatable bonds is 4. The Bertz CT molecular complexity index is 937. The first-order chi connectivity index (χ1) is 12.3. The average molecular weight is 456 g/mol. The number of phenolic OH excluding ortho intramolecular Hbond substituents is 1. The van der Waals surface area contributed by atoms with Crippen LogP contribution in [0.3, 0.4) is 0 Å². The third-order valence-corrected chi connectivity index (χ3v) is 4.78. The molecule has 1 unspecified atom stereocenters. The quantitative estimate of drug-likeness (QED) is 0.605. The molecule has 0 radical (unpaired) electrons. The van der Waals surface area contributed by atoms with Gasteiger partial charge in [0, 0.05) is 4.47 Å². The Morgan fingerprint density at radius 1 is 1.23 bits per heavy atom. The third kappa shape index (κ3) is 4.00. The number of hydrogen-bond acceptors (Lipinski definition) is 4. The zero-order valence-electron chi connectivity index (χ0n) is 13.4. The molecule has 3 rings (SSSR count). The number of amides is 1. The highest BCUT2D eigenvalue weighted by molar-refractivity contribution is 9.10. The molecule has 0 bridgehead atoms. The van der Waals surface area contributed by atoms with E-state index in [-0.39, 0.29) is 27.7 Å². The van der Waals surface area contributed by atoms with Gasteiger partial charge in [-0.15, -0.1) is 5.10 Å². The van der Waals surface area contributed by atoms with Gasteiger partial charge in [0.25, 0.3) is 5.91 Å². The molecule has 2 N–H and O–H groups in total. The van der Waals surface area contributed by atoms with Crippen molar-refractivity contribution < 1.29 is 9.90 Å². The number of halogens is 3. The number of benzene rings is 2. The van der Waals surface area contributed by atoms with Crippen molar-refractivity contribution in [1.82, 2.24) is 20.1 Å². The van der Waals surface area contributed by atoms with Crippen molar-refractivity contribution in [3.8, 4) is 11.4 Å². The highest BCUT2D eigenvalue weighted by Gasteiger charge is 2.17. The topological polar surface area (TPSA) is 80.0 Å². The molecular formula is C17H13BrCl2N4O2. The Hall–Kier alpha value is -2.09. The lowest BCUT2D eigenvalue weighted by Gasteiger charge is -2.13. The van der Waals surface area contributed by atoms with Crippen molar-refractivity contribution >= 4 is 45.0 Å². The fourth-order valence-electron chi connectivity index (χ4n) is 2.27. The number of carbonyl (C=O) groups excluding carboxylic acids is 1. The fraction of sp³-hybridized carbons (Fsp3) is 0.118. The molecule has 0 saturated heterocycles. The smallest absolute Gasteiger partial charge is 0.291 e. The molecule has 134 valence electrons. The number of phenols is 1. The number of aromatic nitrogens is 3. The molecule has 0 fully saturated rings. The van der Waals surface area contributed by atoms with Crippen molar-refractivity contribution in [3.05, 3.63) is 68.6 Å². The minimum atomic E-state index is -0.407. The molecule has 0 spiro atoms. The standard InChI is InChI=1S/C17H13BrCl2N4O2/c1-9(10-2-4-11(18)5-3-10)22-17(26)16-21-8-24(23-16)12-6-13(19)15(25)14(20)7-12/h2-9,25H,1H3,(H,22,26). The number of nitrogens with zero attached hydrogens (tertiary/aromatic N) is 3. The first-order valence-corrected chi connectivity index (χ1v) is 9.06. The van der Waals surface area contributed by atoms with E-state index in [0.717, 1.165) is 10.0 Å². The van der Waals surface area contributed by atoms with Crippen LogP contribution in [0.5, 0.6) is 5.75 Å². The zero-order valence-corrected chi connectivity index (χ0v) is 16.5. The summed E-state index contributed by atoms with van der Waals surface area (Å²) in [5.74, 6) is -0.608. The third-order valence-electron chi connectivity index (χ3n) is 3.68. The van der Waals surface area contributed by atoms with E-state index in [1.165, 1.54) is 23.1 Å². The number of nitrogens with one attached hydrogen (secondary N) is 1. The van der Waals surface area contributed by atoms with Crippen LogP contribution >= 0.6 is 39.1 Å². The van der Waals surface area contributed by atoms with Gasteiger partial charge in [0.15, 0.2) is 5.75 Å². The minimum absolute atomic E-state index is 0.00859. The van der Waals surface area contributed by atoms with Crippen LogP contribution in [0.4, 0.5) is 0 Å². The van der Waals surface area contributed by atoms with Gasteiger partial charge in [0.2, 0.25) is 5.82 Å². The lowest BCUT2D eigenvalue weighted by atomic mass is 10.1. The molecule has 26 heavy (non-hydrogen) atoms. The van der Waals surface area contributed by atoms with Crippen molar-refractivity contribution in [1.29, 1.82) is 0 Å². The highest BCUT2D eigenvalue weighted by atomic mass is 79.9. The fourth-order valence-corrected chi connectivity index (χ4v) is 3.01. The van der Waals surface area contributed by atoms with Crippen LogP contribution in [-0.4, -0.2) is 25.8 Å². The second-order valence-corrected chi connectivity index (χ2v) is 7.25. The number of carbonyl (C=O) groups is 1. The summed E-state index contributed by atoms with van der Waals surface area (Å²) in [7, 11) is 0. The second-order valence-electron chi connectivity index (χ2n) is 5.52. The summed E-state index contributed by atoms with van der Waals surface area (Å²) in [4.78, 5) is 16.4. The van der Waals surface area contributed by atoms with Crippen molar-refractivity contribution in [2.24, 2.45) is 0 Å². The van der Waals surface area contributed by atoms with E-state index in [2.05, 4.69) is 31.3 Å². The summed E-state index contributed by atoms with van der Waals surface area (Å²) in [6, 6.07) is 10.4. The molecule has 9 heteroatoms. The molecule has 0 saturated carbocycles. The van der Waals surface area contributed by atoms with Gasteiger partial charge in [-0.1, -0.05) is 51.3 Å². The van der Waals surface area contributed by atoms with Gasteiger partial charge < -0.3 is 10.4 Å². The molecule has 2 aromatic carbocycles. The number of hydrogen-bond donors (Lipinski definition) is 2. The maximum Gasteiger partial charge on any atom is 0.291 e. The van der Waals surface area contributed by atoms with E-state index >= 15 is 0 Å². The maximum atomic E-state index is 12.4. The van der Waals surface area contributed by atoms with Crippen molar-refractivity contribution in [3.63, 3.8) is 0 Å². The predicted octanol–water partition coefficient (Wildman–Crippen LogP) is 4.53. The Kier molecular flexibility index (Phi) is 5.50. The summed E-state index contributed by atoms with van der Waals surface area (Å²) >= 11 is 15.2. The monoisotopic (exact) mass is 454 g/mol. The van der Waals surface area contributed by atoms with Crippen LogP contribution in [0.2, 0.25) is 10.0 Å². The Balaban J connectivity index is 1.77. The Labute approximate surface area is 167 Å². The molecule has 6 nitrogen and oxygen atoms in total. The van der Waals surface area contributed by atoms with Gasteiger partial charge in [-0.25, -0.2) is 9.67 Å². The van der Waals surface area contributed by atoms with E-state index < -0.39 is 5.91 Å². The Morgan fingerprint density at radius 3 is 2.46 bits per heavy atom. The van der Waals surface area contributed by atoms with Gasteiger partial charge in [0.1, 0.15) is 6.33 Å². The SMILES string of the molecule is CC(NC(=O)c1ncn(-c2cc(Cl)c(O)c(Cl)c2)n1)c1ccc(Br)cc1. The highest BCUT2D eigenvalue weighted by Crippen LogP contribution is 2.33. The van der Waals surface area contributed by atoms with Crippen molar-refractivity contribution in [2.45, 2.75) is 13.0 Å². The molecule has 1 aromatic heterocycles. The van der Waals surface area contributed by atoms with Gasteiger partial charge in [-0.05, 0) is 36.8 Å². The number of aromatic hydroxyl groups is 1. The first-order valence-electron chi connectivity index (χ1n) is 7.51. The predicted molar refractivity (Wildman–Crippen MR) is 103 cm³/mol. The van der Waals surface area contributed by atoms with E-state index in [4.69, 9.17) is 23.2 Å². The molecule has 0 aliphatic carbocycles. The summed E-state index contributed by atoms with van der Waals surface area (Å²) < 4.78 is 2.32. The minimum Gasteiger partial charge on any atom is -0.505 e. The summed E-state index contributed by atoms with van der Waals surface area (Å²) in [6.07, 6.45) is 1.37. The van der Waals surface area contributed by atoms with Gasteiger partial charge in [-0.3, -0.25) is 4.79 Å². The molecule has 3 aromatic rings. The molecule has 1 amide bonds. The largest absolute Gasteiger partial charge is 0.505 e. The van der Waals surface area contributed by atoms with Crippen LogP contribution in [0.1, 0.15) is 29.1 Å². The van der Waals surface area contributed by atoms with Crippen LogP contribution < -0.4 is 5.32 Å². The van der Waals surface area contributed by atoms with Crippen LogP contribution in [0.25, 0.3) is 5.69 Å². The van der Waals surface area contributed by atoms with Crippen molar-refractivity contribution in [2.75, 3.05) is 0 Å². The van der Waals surface area contributed by atoms with E-state index in [1.54, 1.807) is 0 Å². The summed E-state index contributed by atoms with van der Waals surface area (Å²) in [6.45, 7) is 1.87. The lowest BCUT2D eigenvalue weighted by molar-refractivity contribution is 0.0929. The van der Waals surface area contributed by atoms with Gasteiger partial charge >= 0.3 is 0 Å². The summed E-state index contributed by atoms with van der Waals surface area (Å²) in [5, 5.41) is 16.8. The van der Waals surface area contributed by atoms with Crippen LogP contribution in [-0.2, 0) is 0 Å². The van der Waals surface area contributed by atoms with E-state index in [9.17, 15) is 9.90 Å². The normalized spacial score (nSPS) is 12.0. The first kappa shape index (κ1) is 18.7.